The van der Waals surface area contributed by atoms with E-state index >= 15 is 0 Å². The summed E-state index contributed by atoms with van der Waals surface area (Å²) < 4.78 is 11.5. The number of hydrogen-bond donors (Lipinski definition) is 1. The first-order valence-electron chi connectivity index (χ1n) is 6.27. The van der Waals surface area contributed by atoms with Crippen LogP contribution in [0.25, 0.3) is 0 Å². The van der Waals surface area contributed by atoms with E-state index < -0.39 is 11.8 Å². The molecule has 0 saturated carbocycles. The van der Waals surface area contributed by atoms with Crippen LogP contribution in [0.4, 0.5) is 0 Å². The van der Waals surface area contributed by atoms with E-state index in [0.717, 1.165) is 6.42 Å². The monoisotopic (exact) mass is 278 g/mol. The van der Waals surface area contributed by atoms with E-state index in [2.05, 4.69) is 0 Å². The van der Waals surface area contributed by atoms with Crippen molar-refractivity contribution in [2.24, 2.45) is 5.41 Å². The Kier molecular flexibility index (Phi) is 5.04. The molecule has 0 aromatic heterocycles. The summed E-state index contributed by atoms with van der Waals surface area (Å²) in [6.07, 6.45) is 1.52. The number of ether oxygens (including phenoxy) is 2. The number of carboxylic acids is 1. The zero-order chi connectivity index (χ0) is 14.0. The first-order chi connectivity index (χ1) is 8.13. The minimum atomic E-state index is -0.778. The highest BCUT2D eigenvalue weighted by atomic mass is 35.5. The van der Waals surface area contributed by atoms with Gasteiger partial charge in [0.1, 0.15) is 0 Å². The molecule has 18 heavy (non-hydrogen) atoms. The molecule has 0 aromatic rings. The summed E-state index contributed by atoms with van der Waals surface area (Å²) in [6, 6.07) is 0. The van der Waals surface area contributed by atoms with Crippen molar-refractivity contribution in [2.45, 2.75) is 65.0 Å². The Morgan fingerprint density at radius 3 is 2.44 bits per heavy atom. The molecule has 0 radical (unpaired) electrons. The zero-order valence-corrected chi connectivity index (χ0v) is 12.3. The van der Waals surface area contributed by atoms with E-state index in [1.807, 2.05) is 27.7 Å². The van der Waals surface area contributed by atoms with Gasteiger partial charge < -0.3 is 14.6 Å². The largest absolute Gasteiger partial charge is 0.481 e. The van der Waals surface area contributed by atoms with Gasteiger partial charge in [-0.1, -0.05) is 13.8 Å². The normalized spacial score (nSPS) is 28.1. The maximum atomic E-state index is 10.8. The maximum absolute atomic E-state index is 10.8. The van der Waals surface area contributed by atoms with Gasteiger partial charge in [0.25, 0.3) is 0 Å². The van der Waals surface area contributed by atoms with Gasteiger partial charge in [0, 0.05) is 12.3 Å². The van der Waals surface area contributed by atoms with Crippen LogP contribution < -0.4 is 0 Å². The third kappa shape index (κ3) is 5.12. The van der Waals surface area contributed by atoms with Crippen LogP contribution in [0.3, 0.4) is 0 Å². The zero-order valence-electron chi connectivity index (χ0n) is 11.5. The second-order valence-electron chi connectivity index (χ2n) is 6.21. The molecule has 0 aliphatic carbocycles. The molecular formula is C13H23ClO4. The molecule has 1 rings (SSSR count). The maximum Gasteiger partial charge on any atom is 0.303 e. The molecule has 1 heterocycles. The first-order valence-corrected chi connectivity index (χ1v) is 6.80. The smallest absolute Gasteiger partial charge is 0.303 e. The molecule has 1 aliphatic heterocycles. The molecule has 106 valence electrons. The molecule has 4 nitrogen and oxygen atoms in total. The topological polar surface area (TPSA) is 55.8 Å². The fraction of sp³-hybridized carbons (Fsp3) is 0.923. The summed E-state index contributed by atoms with van der Waals surface area (Å²) in [5, 5.41) is 8.89. The summed E-state index contributed by atoms with van der Waals surface area (Å²) in [7, 11) is 0. The van der Waals surface area contributed by atoms with Crippen molar-refractivity contribution >= 4 is 17.6 Å². The summed E-state index contributed by atoms with van der Waals surface area (Å²) >= 11 is 5.85. The summed E-state index contributed by atoms with van der Waals surface area (Å²) in [4.78, 5) is 10.8. The third-order valence-corrected chi connectivity index (χ3v) is 3.35. The van der Waals surface area contributed by atoms with Crippen molar-refractivity contribution in [3.8, 4) is 0 Å². The number of halogens is 1. The Balaban J connectivity index is 2.63. The van der Waals surface area contributed by atoms with Crippen molar-refractivity contribution in [3.63, 3.8) is 0 Å². The number of aliphatic carboxylic acids is 1. The van der Waals surface area contributed by atoms with Gasteiger partial charge >= 0.3 is 5.97 Å². The number of alkyl halides is 1. The van der Waals surface area contributed by atoms with Gasteiger partial charge in [-0.05, 0) is 25.7 Å². The van der Waals surface area contributed by atoms with E-state index in [0.29, 0.717) is 12.3 Å². The highest BCUT2D eigenvalue weighted by Gasteiger charge is 2.38. The van der Waals surface area contributed by atoms with Crippen molar-refractivity contribution in [3.05, 3.63) is 0 Å². The average Bonchev–Trinajstić information content (AvgIpc) is 2.11. The SMILES string of the molecule is CC(C)(CC(=O)O)C[C@@H]1C[C@@H](CCl)OC(C)(C)O1. The summed E-state index contributed by atoms with van der Waals surface area (Å²) in [6.45, 7) is 7.62. The Labute approximate surface area is 114 Å². The Hall–Kier alpha value is -0.320. The summed E-state index contributed by atoms with van der Waals surface area (Å²) in [5.74, 6) is -0.995. The molecule has 1 saturated heterocycles. The molecule has 1 fully saturated rings. The molecular weight excluding hydrogens is 256 g/mol. The van der Waals surface area contributed by atoms with Crippen molar-refractivity contribution < 1.29 is 19.4 Å². The first kappa shape index (κ1) is 15.7. The van der Waals surface area contributed by atoms with Crippen LogP contribution in [0.15, 0.2) is 0 Å². The second kappa shape index (κ2) is 5.76. The van der Waals surface area contributed by atoms with Gasteiger partial charge in [-0.2, -0.15) is 0 Å². The van der Waals surface area contributed by atoms with Gasteiger partial charge in [-0.25, -0.2) is 0 Å². The van der Waals surface area contributed by atoms with Crippen LogP contribution in [0, 0.1) is 5.41 Å². The fourth-order valence-corrected chi connectivity index (χ4v) is 2.73. The van der Waals surface area contributed by atoms with Crippen LogP contribution in [-0.2, 0) is 14.3 Å². The van der Waals surface area contributed by atoms with Crippen LogP contribution in [0.5, 0.6) is 0 Å². The van der Waals surface area contributed by atoms with E-state index in [1.54, 1.807) is 0 Å². The predicted octanol–water partition coefficient (Wildman–Crippen LogP) is 3.03. The predicted molar refractivity (Wildman–Crippen MR) is 69.8 cm³/mol. The minimum absolute atomic E-state index is 0.00755. The Morgan fingerprint density at radius 1 is 1.39 bits per heavy atom. The average molecular weight is 279 g/mol. The molecule has 2 atom stereocenters. The minimum Gasteiger partial charge on any atom is -0.481 e. The van der Waals surface area contributed by atoms with E-state index in [4.69, 9.17) is 26.2 Å². The molecule has 5 heteroatoms. The van der Waals surface area contributed by atoms with Crippen LogP contribution in [0.1, 0.15) is 47.0 Å². The van der Waals surface area contributed by atoms with E-state index in [9.17, 15) is 4.79 Å². The molecule has 1 aliphatic rings. The number of hydrogen-bond acceptors (Lipinski definition) is 3. The highest BCUT2D eigenvalue weighted by molar-refractivity contribution is 6.18. The Bertz CT molecular complexity index is 301. The highest BCUT2D eigenvalue weighted by Crippen LogP contribution is 2.35. The lowest BCUT2D eigenvalue weighted by Gasteiger charge is -2.42. The van der Waals surface area contributed by atoms with Crippen LogP contribution in [-0.4, -0.2) is 35.0 Å². The van der Waals surface area contributed by atoms with Gasteiger partial charge in [0.15, 0.2) is 5.79 Å². The number of carboxylic acid groups (broad SMARTS) is 1. The van der Waals surface area contributed by atoms with E-state index in [1.165, 1.54) is 0 Å². The lowest BCUT2D eigenvalue weighted by atomic mass is 9.82. The number of carbonyl (C=O) groups is 1. The van der Waals surface area contributed by atoms with Crippen LogP contribution in [0.2, 0.25) is 0 Å². The van der Waals surface area contributed by atoms with Crippen molar-refractivity contribution in [1.29, 1.82) is 0 Å². The molecule has 1 N–H and O–H groups in total. The Morgan fingerprint density at radius 2 is 1.94 bits per heavy atom. The van der Waals surface area contributed by atoms with E-state index in [-0.39, 0.29) is 24.0 Å². The van der Waals surface area contributed by atoms with Gasteiger partial charge in [0.2, 0.25) is 0 Å². The fourth-order valence-electron chi connectivity index (χ4n) is 2.54. The van der Waals surface area contributed by atoms with Crippen LogP contribution >= 0.6 is 11.6 Å². The summed E-state index contributed by atoms with van der Waals surface area (Å²) in [5.41, 5.74) is -0.291. The molecule has 0 spiro atoms. The molecule has 0 aromatic carbocycles. The third-order valence-electron chi connectivity index (χ3n) is 3.01. The van der Waals surface area contributed by atoms with Gasteiger partial charge in [-0.3, -0.25) is 4.79 Å². The standard InChI is InChI=1S/C13H23ClO4/c1-12(2,7-11(15)16)6-9-5-10(8-14)18-13(3,4)17-9/h9-10H,5-8H2,1-4H3,(H,15,16)/t9-,10-/m0/s1. The van der Waals surface area contributed by atoms with Crippen molar-refractivity contribution in [1.82, 2.24) is 0 Å². The second-order valence-corrected chi connectivity index (χ2v) is 6.52. The number of rotatable bonds is 5. The van der Waals surface area contributed by atoms with Gasteiger partial charge in [0.05, 0.1) is 18.6 Å². The van der Waals surface area contributed by atoms with Gasteiger partial charge in [-0.15, -0.1) is 11.6 Å². The lowest BCUT2D eigenvalue weighted by Crippen LogP contribution is -2.46. The lowest BCUT2D eigenvalue weighted by molar-refractivity contribution is -0.299. The quantitative estimate of drug-likeness (QED) is 0.786. The molecule has 0 unspecified atom stereocenters. The van der Waals surface area contributed by atoms with Crippen molar-refractivity contribution in [2.75, 3.05) is 5.88 Å². The molecule has 0 amide bonds. The molecule has 0 bridgehead atoms.